The van der Waals surface area contributed by atoms with Crippen LogP contribution < -0.4 is 10.5 Å². The minimum absolute atomic E-state index is 0.347. The van der Waals surface area contributed by atoms with Crippen molar-refractivity contribution in [3.63, 3.8) is 0 Å². The van der Waals surface area contributed by atoms with Crippen molar-refractivity contribution in [2.24, 2.45) is 5.73 Å². The lowest BCUT2D eigenvalue weighted by Crippen LogP contribution is -2.09. The molecule has 1 aromatic carbocycles. The van der Waals surface area contributed by atoms with Crippen LogP contribution in [0.15, 0.2) is 18.2 Å². The van der Waals surface area contributed by atoms with Gasteiger partial charge in [-0.2, -0.15) is 0 Å². The van der Waals surface area contributed by atoms with E-state index >= 15 is 0 Å². The molecule has 0 aliphatic heterocycles. The van der Waals surface area contributed by atoms with Crippen LogP contribution in [0.25, 0.3) is 0 Å². The van der Waals surface area contributed by atoms with Crippen LogP contribution in [0.5, 0.6) is 5.75 Å². The summed E-state index contributed by atoms with van der Waals surface area (Å²) in [5, 5.41) is 0.557. The number of benzene rings is 1. The molecule has 0 heterocycles. The van der Waals surface area contributed by atoms with Gasteiger partial charge >= 0.3 is 0 Å². The van der Waals surface area contributed by atoms with Crippen LogP contribution in [0.2, 0.25) is 5.02 Å². The molecule has 2 N–H and O–H groups in total. The molecule has 1 aromatic rings. The monoisotopic (exact) mass is 257 g/mol. The molecule has 4 heteroatoms. The number of hydrogen-bond donors (Lipinski definition) is 1. The average molecular weight is 258 g/mol. The fourth-order valence-electron chi connectivity index (χ4n) is 1.31. The fourth-order valence-corrected chi connectivity index (χ4v) is 1.67. The van der Waals surface area contributed by atoms with Gasteiger partial charge in [-0.3, -0.25) is 0 Å². The van der Waals surface area contributed by atoms with Crippen LogP contribution in [0, 0.1) is 0 Å². The highest BCUT2D eigenvalue weighted by molar-refractivity contribution is 7.80. The molecule has 0 aliphatic carbocycles. The van der Waals surface area contributed by atoms with Crippen molar-refractivity contribution < 1.29 is 4.74 Å². The molecular weight excluding hydrogens is 242 g/mol. The highest BCUT2D eigenvalue weighted by atomic mass is 35.5. The van der Waals surface area contributed by atoms with E-state index in [1.807, 2.05) is 12.1 Å². The van der Waals surface area contributed by atoms with Crippen molar-refractivity contribution in [3.05, 3.63) is 28.8 Å². The molecule has 0 aliphatic rings. The Balaban J connectivity index is 2.57. The van der Waals surface area contributed by atoms with Gasteiger partial charge in [-0.1, -0.05) is 43.6 Å². The summed E-state index contributed by atoms with van der Waals surface area (Å²) in [5.41, 5.74) is 6.27. The Morgan fingerprint density at radius 2 is 2.19 bits per heavy atom. The molecular formula is C12H16ClNOS. The van der Waals surface area contributed by atoms with Crippen LogP contribution in [0.4, 0.5) is 0 Å². The maximum atomic E-state index is 6.05. The molecule has 0 fully saturated rings. The van der Waals surface area contributed by atoms with E-state index in [4.69, 9.17) is 34.3 Å². The minimum Gasteiger partial charge on any atom is -0.492 e. The lowest BCUT2D eigenvalue weighted by Gasteiger charge is -2.08. The first-order chi connectivity index (χ1) is 7.65. The second-order valence-electron chi connectivity index (χ2n) is 3.57. The number of unbranched alkanes of at least 4 members (excludes halogenated alkanes) is 2. The van der Waals surface area contributed by atoms with E-state index in [9.17, 15) is 0 Å². The van der Waals surface area contributed by atoms with E-state index in [0.717, 1.165) is 12.0 Å². The molecule has 0 saturated carbocycles. The third-order valence-corrected chi connectivity index (χ3v) is 2.75. The molecule has 2 nitrogen and oxygen atoms in total. The van der Waals surface area contributed by atoms with Crippen molar-refractivity contribution in [1.82, 2.24) is 0 Å². The summed E-state index contributed by atoms with van der Waals surface area (Å²) in [7, 11) is 0. The van der Waals surface area contributed by atoms with Gasteiger partial charge in [-0.25, -0.2) is 0 Å². The Bertz CT molecular complexity index is 368. The number of hydrogen-bond acceptors (Lipinski definition) is 2. The molecule has 0 radical (unpaired) electrons. The standard InChI is InChI=1S/C12H16ClNOS/c1-2-3-4-7-15-11-6-5-9(12(14)16)8-10(11)13/h5-6,8H,2-4,7H2,1H3,(H2,14,16). The molecule has 0 saturated heterocycles. The normalized spacial score (nSPS) is 10.1. The maximum absolute atomic E-state index is 6.05. The SMILES string of the molecule is CCCCCOc1ccc(C(N)=S)cc1Cl. The van der Waals surface area contributed by atoms with Crippen molar-refractivity contribution >= 4 is 28.8 Å². The molecule has 0 atom stereocenters. The molecule has 0 bridgehead atoms. The summed E-state index contributed by atoms with van der Waals surface area (Å²) in [6, 6.07) is 5.37. The van der Waals surface area contributed by atoms with Gasteiger partial charge in [0.1, 0.15) is 10.7 Å². The smallest absolute Gasteiger partial charge is 0.137 e. The summed E-state index contributed by atoms with van der Waals surface area (Å²) in [6.45, 7) is 2.85. The Labute approximate surface area is 107 Å². The van der Waals surface area contributed by atoms with Crippen LogP contribution in [0.3, 0.4) is 0 Å². The number of rotatable bonds is 6. The van der Waals surface area contributed by atoms with Gasteiger partial charge < -0.3 is 10.5 Å². The quantitative estimate of drug-likeness (QED) is 0.625. The van der Waals surface area contributed by atoms with Crippen LogP contribution in [-0.4, -0.2) is 11.6 Å². The van der Waals surface area contributed by atoms with E-state index in [-0.39, 0.29) is 0 Å². The lowest BCUT2D eigenvalue weighted by atomic mass is 10.2. The predicted octanol–water partition coefficient (Wildman–Crippen LogP) is 3.54. The van der Waals surface area contributed by atoms with Crippen LogP contribution in [0.1, 0.15) is 31.7 Å². The molecule has 0 unspecified atom stereocenters. The first kappa shape index (κ1) is 13.3. The van der Waals surface area contributed by atoms with Gasteiger partial charge in [-0.05, 0) is 24.6 Å². The zero-order valence-corrected chi connectivity index (χ0v) is 10.9. The molecule has 0 aromatic heterocycles. The van der Waals surface area contributed by atoms with Crippen molar-refractivity contribution in [1.29, 1.82) is 0 Å². The first-order valence-electron chi connectivity index (χ1n) is 5.37. The summed E-state index contributed by atoms with van der Waals surface area (Å²) < 4.78 is 5.56. The molecule has 16 heavy (non-hydrogen) atoms. The van der Waals surface area contributed by atoms with E-state index in [1.54, 1.807) is 6.07 Å². The maximum Gasteiger partial charge on any atom is 0.137 e. The van der Waals surface area contributed by atoms with E-state index < -0.39 is 0 Å². The van der Waals surface area contributed by atoms with Gasteiger partial charge in [0.05, 0.1) is 11.6 Å². The Morgan fingerprint density at radius 3 is 2.75 bits per heavy atom. The second-order valence-corrected chi connectivity index (χ2v) is 4.41. The summed E-state index contributed by atoms with van der Waals surface area (Å²) in [5.74, 6) is 0.692. The second kappa shape index (κ2) is 6.71. The summed E-state index contributed by atoms with van der Waals surface area (Å²) >= 11 is 10.9. The Morgan fingerprint density at radius 1 is 1.44 bits per heavy atom. The predicted molar refractivity (Wildman–Crippen MR) is 72.4 cm³/mol. The average Bonchev–Trinajstić information content (AvgIpc) is 2.26. The van der Waals surface area contributed by atoms with Crippen molar-refractivity contribution in [2.45, 2.75) is 26.2 Å². The van der Waals surface area contributed by atoms with Crippen molar-refractivity contribution in [2.75, 3.05) is 6.61 Å². The molecule has 1 rings (SSSR count). The zero-order chi connectivity index (χ0) is 12.0. The molecule has 0 amide bonds. The van der Waals surface area contributed by atoms with Gasteiger partial charge in [0.25, 0.3) is 0 Å². The number of halogens is 1. The summed E-state index contributed by atoms with van der Waals surface area (Å²) in [6.07, 6.45) is 3.39. The van der Waals surface area contributed by atoms with Gasteiger partial charge in [-0.15, -0.1) is 0 Å². The number of nitrogens with two attached hydrogens (primary N) is 1. The van der Waals surface area contributed by atoms with Crippen molar-refractivity contribution in [3.8, 4) is 5.75 Å². The van der Waals surface area contributed by atoms with E-state index in [2.05, 4.69) is 6.92 Å². The van der Waals surface area contributed by atoms with Gasteiger partial charge in [0.15, 0.2) is 0 Å². The fraction of sp³-hybridized carbons (Fsp3) is 0.417. The third kappa shape index (κ3) is 3.99. The largest absolute Gasteiger partial charge is 0.492 e. The highest BCUT2D eigenvalue weighted by Gasteiger charge is 2.04. The van der Waals surface area contributed by atoms with Crippen LogP contribution >= 0.6 is 23.8 Å². The van der Waals surface area contributed by atoms with Gasteiger partial charge in [0.2, 0.25) is 0 Å². The summed E-state index contributed by atoms with van der Waals surface area (Å²) in [4.78, 5) is 0.347. The Kier molecular flexibility index (Phi) is 5.56. The zero-order valence-electron chi connectivity index (χ0n) is 9.33. The molecule has 88 valence electrons. The topological polar surface area (TPSA) is 35.2 Å². The minimum atomic E-state index is 0.347. The Hall–Kier alpha value is -0.800. The first-order valence-corrected chi connectivity index (χ1v) is 6.16. The third-order valence-electron chi connectivity index (χ3n) is 2.22. The molecule has 0 spiro atoms. The number of thiocarbonyl (C=S) groups is 1. The lowest BCUT2D eigenvalue weighted by molar-refractivity contribution is 0.306. The highest BCUT2D eigenvalue weighted by Crippen LogP contribution is 2.25. The van der Waals surface area contributed by atoms with E-state index in [1.165, 1.54) is 12.8 Å². The van der Waals surface area contributed by atoms with Gasteiger partial charge in [0, 0.05) is 5.56 Å². The number of ether oxygens (including phenoxy) is 1. The van der Waals surface area contributed by atoms with E-state index in [0.29, 0.717) is 22.4 Å². The van der Waals surface area contributed by atoms with Crippen LogP contribution in [-0.2, 0) is 0 Å².